The van der Waals surface area contributed by atoms with E-state index in [1.807, 2.05) is 7.05 Å². The average Bonchev–Trinajstić information content (AvgIpc) is 2.60. The fourth-order valence-electron chi connectivity index (χ4n) is 2.88. The van der Waals surface area contributed by atoms with E-state index in [0.29, 0.717) is 6.10 Å². The fourth-order valence-corrected chi connectivity index (χ4v) is 2.88. The van der Waals surface area contributed by atoms with Crippen molar-refractivity contribution in [3.8, 4) is 0 Å². The third-order valence-corrected chi connectivity index (χ3v) is 4.21. The molecule has 0 amide bonds. The summed E-state index contributed by atoms with van der Waals surface area (Å²) >= 11 is 0. The van der Waals surface area contributed by atoms with Crippen molar-refractivity contribution in [1.29, 1.82) is 0 Å². The van der Waals surface area contributed by atoms with Crippen LogP contribution in [0.25, 0.3) is 0 Å². The zero-order valence-corrected chi connectivity index (χ0v) is 14.4. The van der Waals surface area contributed by atoms with Crippen LogP contribution in [-0.2, 0) is 11.3 Å². The second-order valence-electron chi connectivity index (χ2n) is 5.93. The van der Waals surface area contributed by atoms with Gasteiger partial charge >= 0.3 is 0 Å². The molecule has 0 saturated carbocycles. The van der Waals surface area contributed by atoms with Gasteiger partial charge in [0, 0.05) is 46.9 Å². The van der Waals surface area contributed by atoms with Crippen molar-refractivity contribution in [2.75, 3.05) is 40.3 Å². The lowest BCUT2D eigenvalue weighted by molar-refractivity contribution is 0.00534. The van der Waals surface area contributed by atoms with Crippen molar-refractivity contribution in [1.82, 2.24) is 15.5 Å². The van der Waals surface area contributed by atoms with Gasteiger partial charge in [0.05, 0.1) is 6.10 Å². The summed E-state index contributed by atoms with van der Waals surface area (Å²) < 4.78 is 6.00. The summed E-state index contributed by atoms with van der Waals surface area (Å²) in [5.41, 5.74) is 1.40. The van der Waals surface area contributed by atoms with E-state index in [1.54, 1.807) is 7.05 Å². The number of piperidine rings is 1. The summed E-state index contributed by atoms with van der Waals surface area (Å²) in [6, 6.07) is 10.7. The number of aliphatic imine (C=N–C) groups is 1. The van der Waals surface area contributed by atoms with Crippen LogP contribution in [0, 0.1) is 0 Å². The molecule has 2 rings (SSSR count). The van der Waals surface area contributed by atoms with Crippen LogP contribution >= 0.6 is 0 Å². The third kappa shape index (κ3) is 6.59. The molecule has 1 aromatic carbocycles. The van der Waals surface area contributed by atoms with Crippen LogP contribution in [0.4, 0.5) is 0 Å². The van der Waals surface area contributed by atoms with Crippen LogP contribution in [0.2, 0.25) is 0 Å². The molecular weight excluding hydrogens is 288 g/mol. The van der Waals surface area contributed by atoms with E-state index in [2.05, 4.69) is 50.9 Å². The number of guanidine groups is 1. The molecule has 1 aliphatic rings. The molecule has 1 aliphatic heterocycles. The van der Waals surface area contributed by atoms with Crippen molar-refractivity contribution in [2.45, 2.75) is 31.9 Å². The maximum absolute atomic E-state index is 6.00. The Morgan fingerprint density at radius 3 is 2.65 bits per heavy atom. The van der Waals surface area contributed by atoms with Gasteiger partial charge in [-0.3, -0.25) is 9.89 Å². The van der Waals surface area contributed by atoms with Gasteiger partial charge in [0.25, 0.3) is 0 Å². The molecule has 2 N–H and O–H groups in total. The molecule has 0 radical (unpaired) electrons. The first kappa shape index (κ1) is 17.8. The second kappa shape index (κ2) is 10.2. The van der Waals surface area contributed by atoms with E-state index in [0.717, 1.165) is 58.0 Å². The monoisotopic (exact) mass is 318 g/mol. The lowest BCUT2D eigenvalue weighted by atomic mass is 10.1. The normalized spacial score (nSPS) is 17.2. The van der Waals surface area contributed by atoms with E-state index in [9.17, 15) is 0 Å². The highest BCUT2D eigenvalue weighted by Gasteiger charge is 2.19. The Balaban J connectivity index is 1.55. The maximum atomic E-state index is 6.00. The number of ether oxygens (including phenoxy) is 1. The average molecular weight is 318 g/mol. The molecule has 0 bridgehead atoms. The van der Waals surface area contributed by atoms with Crippen LogP contribution in [-0.4, -0.2) is 57.3 Å². The lowest BCUT2D eigenvalue weighted by Gasteiger charge is -2.32. The van der Waals surface area contributed by atoms with Crippen LogP contribution in [0.5, 0.6) is 0 Å². The van der Waals surface area contributed by atoms with Crippen molar-refractivity contribution in [3.05, 3.63) is 35.9 Å². The summed E-state index contributed by atoms with van der Waals surface area (Å²) in [4.78, 5) is 6.61. The first-order chi connectivity index (χ1) is 11.3. The topological polar surface area (TPSA) is 48.9 Å². The summed E-state index contributed by atoms with van der Waals surface area (Å²) in [6.45, 7) is 5.02. The predicted molar refractivity (Wildman–Crippen MR) is 95.7 cm³/mol. The molecule has 5 heteroatoms. The highest BCUT2D eigenvalue weighted by molar-refractivity contribution is 5.79. The fraction of sp³-hybridized carbons (Fsp3) is 0.611. The van der Waals surface area contributed by atoms with Gasteiger partial charge in [-0.25, -0.2) is 0 Å². The smallest absolute Gasteiger partial charge is 0.190 e. The maximum Gasteiger partial charge on any atom is 0.190 e. The number of nitrogens with zero attached hydrogens (tertiary/aromatic N) is 2. The zero-order chi connectivity index (χ0) is 16.3. The summed E-state index contributed by atoms with van der Waals surface area (Å²) in [5, 5.41) is 6.25. The minimum absolute atomic E-state index is 0.422. The molecule has 0 aromatic heterocycles. The summed E-state index contributed by atoms with van der Waals surface area (Å²) in [6.07, 6.45) is 3.70. The third-order valence-electron chi connectivity index (χ3n) is 4.21. The number of benzene rings is 1. The Bertz CT molecular complexity index is 455. The summed E-state index contributed by atoms with van der Waals surface area (Å²) in [7, 11) is 3.65. The van der Waals surface area contributed by atoms with Crippen molar-refractivity contribution in [3.63, 3.8) is 0 Å². The Kier molecular flexibility index (Phi) is 7.90. The minimum Gasteiger partial charge on any atom is -0.378 e. The van der Waals surface area contributed by atoms with E-state index in [4.69, 9.17) is 4.74 Å². The Morgan fingerprint density at radius 1 is 1.26 bits per heavy atom. The van der Waals surface area contributed by atoms with Crippen LogP contribution in [0.3, 0.4) is 0 Å². The van der Waals surface area contributed by atoms with Crippen molar-refractivity contribution < 1.29 is 4.74 Å². The number of rotatable bonds is 7. The number of hydrogen-bond acceptors (Lipinski definition) is 3. The molecule has 0 unspecified atom stereocenters. The number of nitrogens with one attached hydrogen (secondary N) is 2. The molecule has 1 saturated heterocycles. The largest absolute Gasteiger partial charge is 0.378 e. The Labute approximate surface area is 140 Å². The molecule has 1 aromatic rings. The van der Waals surface area contributed by atoms with Crippen molar-refractivity contribution >= 4 is 5.96 Å². The van der Waals surface area contributed by atoms with Gasteiger partial charge in [0.1, 0.15) is 0 Å². The Morgan fingerprint density at radius 2 is 2.00 bits per heavy atom. The SMILES string of the molecule is CN=C(NC)NCCCOC1CCN(Cc2ccccc2)CC1. The Hall–Kier alpha value is -1.59. The van der Waals surface area contributed by atoms with E-state index in [1.165, 1.54) is 5.56 Å². The quantitative estimate of drug-likeness (QED) is 0.458. The lowest BCUT2D eigenvalue weighted by Crippen LogP contribution is -2.37. The van der Waals surface area contributed by atoms with E-state index < -0.39 is 0 Å². The molecule has 0 aliphatic carbocycles. The highest BCUT2D eigenvalue weighted by atomic mass is 16.5. The predicted octanol–water partition coefficient (Wildman–Crippen LogP) is 1.85. The minimum atomic E-state index is 0.422. The van der Waals surface area contributed by atoms with E-state index in [-0.39, 0.29) is 0 Å². The first-order valence-electron chi connectivity index (χ1n) is 8.58. The van der Waals surface area contributed by atoms with Crippen LogP contribution in [0.1, 0.15) is 24.8 Å². The molecule has 5 nitrogen and oxygen atoms in total. The molecule has 0 atom stereocenters. The highest BCUT2D eigenvalue weighted by Crippen LogP contribution is 2.16. The van der Waals surface area contributed by atoms with Gasteiger partial charge in [-0.15, -0.1) is 0 Å². The van der Waals surface area contributed by atoms with E-state index >= 15 is 0 Å². The molecule has 23 heavy (non-hydrogen) atoms. The summed E-state index contributed by atoms with van der Waals surface area (Å²) in [5.74, 6) is 0.833. The van der Waals surface area contributed by atoms with Crippen molar-refractivity contribution in [2.24, 2.45) is 4.99 Å². The van der Waals surface area contributed by atoms with Crippen LogP contribution < -0.4 is 10.6 Å². The standard InChI is InChI=1S/C18H30N4O/c1-19-18(20-2)21-11-6-14-23-17-9-12-22(13-10-17)15-16-7-4-3-5-8-16/h3-5,7-8,17H,6,9-15H2,1-2H3,(H2,19,20,21). The van der Waals surface area contributed by atoms with Gasteiger partial charge in [-0.2, -0.15) is 0 Å². The van der Waals surface area contributed by atoms with Gasteiger partial charge in [0.2, 0.25) is 0 Å². The molecule has 1 heterocycles. The van der Waals surface area contributed by atoms with Crippen LogP contribution in [0.15, 0.2) is 35.3 Å². The second-order valence-corrected chi connectivity index (χ2v) is 5.93. The molecular formula is C18H30N4O. The van der Waals surface area contributed by atoms with Gasteiger partial charge in [-0.05, 0) is 24.8 Å². The molecule has 1 fully saturated rings. The van der Waals surface area contributed by atoms with Gasteiger partial charge < -0.3 is 15.4 Å². The number of hydrogen-bond donors (Lipinski definition) is 2. The number of likely N-dealkylation sites (tertiary alicyclic amines) is 1. The zero-order valence-electron chi connectivity index (χ0n) is 14.4. The van der Waals surface area contributed by atoms with Gasteiger partial charge in [-0.1, -0.05) is 30.3 Å². The molecule has 128 valence electrons. The molecule has 0 spiro atoms. The van der Waals surface area contributed by atoms with Gasteiger partial charge in [0.15, 0.2) is 5.96 Å². The first-order valence-corrected chi connectivity index (χ1v) is 8.58.